The highest BCUT2D eigenvalue weighted by atomic mass is 16.5. The molecular formula is C22H29NO2. The summed E-state index contributed by atoms with van der Waals surface area (Å²) in [5.74, 6) is 0.870. The van der Waals surface area contributed by atoms with Gasteiger partial charge in [0.15, 0.2) is 0 Å². The molecule has 0 aliphatic carbocycles. The lowest BCUT2D eigenvalue weighted by Crippen LogP contribution is -2.11. The quantitative estimate of drug-likeness (QED) is 0.541. The average Bonchev–Trinajstić information content (AvgIpc) is 2.63. The first kappa shape index (κ1) is 19.0. The van der Waals surface area contributed by atoms with E-state index in [4.69, 9.17) is 4.74 Å². The van der Waals surface area contributed by atoms with E-state index < -0.39 is 0 Å². The first-order valence-corrected chi connectivity index (χ1v) is 9.34. The molecule has 2 rings (SSSR count). The van der Waals surface area contributed by atoms with Gasteiger partial charge in [-0.05, 0) is 37.0 Å². The van der Waals surface area contributed by atoms with Gasteiger partial charge in [-0.1, -0.05) is 62.6 Å². The van der Waals surface area contributed by atoms with E-state index in [9.17, 15) is 4.79 Å². The zero-order valence-corrected chi connectivity index (χ0v) is 15.2. The third-order valence-electron chi connectivity index (χ3n) is 4.10. The van der Waals surface area contributed by atoms with Gasteiger partial charge in [0.05, 0.1) is 6.61 Å². The summed E-state index contributed by atoms with van der Waals surface area (Å²) in [7, 11) is 0. The molecule has 0 saturated heterocycles. The molecule has 0 unspecified atom stereocenters. The number of aryl methyl sites for hydroxylation is 1. The molecule has 0 saturated carbocycles. The highest BCUT2D eigenvalue weighted by molar-refractivity contribution is 5.90. The van der Waals surface area contributed by atoms with Crippen LogP contribution in [-0.4, -0.2) is 12.5 Å². The second kappa shape index (κ2) is 11.3. The Balaban J connectivity index is 1.70. The second-order valence-corrected chi connectivity index (χ2v) is 6.32. The highest BCUT2D eigenvalue weighted by Crippen LogP contribution is 2.18. The fourth-order valence-corrected chi connectivity index (χ4v) is 2.70. The summed E-state index contributed by atoms with van der Waals surface area (Å²) < 4.78 is 5.76. The van der Waals surface area contributed by atoms with E-state index in [0.29, 0.717) is 6.42 Å². The van der Waals surface area contributed by atoms with Crippen molar-refractivity contribution < 1.29 is 9.53 Å². The van der Waals surface area contributed by atoms with E-state index in [0.717, 1.165) is 37.3 Å². The first-order chi connectivity index (χ1) is 12.3. The highest BCUT2D eigenvalue weighted by Gasteiger charge is 2.04. The molecule has 1 amide bonds. The Hall–Kier alpha value is -2.29. The SMILES string of the molecule is CCCCCCOc1cccc(NC(=O)CCCc2ccccc2)c1. The van der Waals surface area contributed by atoms with Crippen molar-refractivity contribution in [1.82, 2.24) is 0 Å². The van der Waals surface area contributed by atoms with Crippen molar-refractivity contribution in [3.63, 3.8) is 0 Å². The van der Waals surface area contributed by atoms with Gasteiger partial charge in [-0.15, -0.1) is 0 Å². The van der Waals surface area contributed by atoms with E-state index in [-0.39, 0.29) is 5.91 Å². The zero-order valence-electron chi connectivity index (χ0n) is 15.2. The molecule has 0 atom stereocenters. The van der Waals surface area contributed by atoms with Crippen molar-refractivity contribution in [2.45, 2.75) is 51.9 Å². The molecule has 0 heterocycles. The minimum Gasteiger partial charge on any atom is -0.494 e. The lowest BCUT2D eigenvalue weighted by molar-refractivity contribution is -0.116. The normalized spacial score (nSPS) is 10.4. The molecule has 134 valence electrons. The fraction of sp³-hybridized carbons (Fsp3) is 0.409. The van der Waals surface area contributed by atoms with Crippen LogP contribution in [0.5, 0.6) is 5.75 Å². The summed E-state index contributed by atoms with van der Waals surface area (Å²) in [6.45, 7) is 2.93. The number of unbranched alkanes of at least 4 members (excludes halogenated alkanes) is 3. The Morgan fingerprint density at radius 3 is 2.60 bits per heavy atom. The van der Waals surface area contributed by atoms with Crippen molar-refractivity contribution in [2.75, 3.05) is 11.9 Å². The van der Waals surface area contributed by atoms with E-state index in [1.807, 2.05) is 42.5 Å². The molecule has 0 spiro atoms. The summed E-state index contributed by atoms with van der Waals surface area (Å²) in [4.78, 5) is 12.1. The summed E-state index contributed by atoms with van der Waals surface area (Å²) in [6, 6.07) is 17.9. The molecular weight excluding hydrogens is 310 g/mol. The van der Waals surface area contributed by atoms with Gasteiger partial charge in [-0.25, -0.2) is 0 Å². The molecule has 2 aromatic carbocycles. The lowest BCUT2D eigenvalue weighted by Gasteiger charge is -2.09. The van der Waals surface area contributed by atoms with Crippen LogP contribution >= 0.6 is 0 Å². The maximum absolute atomic E-state index is 12.1. The molecule has 2 aromatic rings. The summed E-state index contributed by atoms with van der Waals surface area (Å²) >= 11 is 0. The Bertz CT molecular complexity index is 625. The van der Waals surface area contributed by atoms with Crippen molar-refractivity contribution in [2.24, 2.45) is 0 Å². The van der Waals surface area contributed by atoms with Crippen LogP contribution in [0.2, 0.25) is 0 Å². The average molecular weight is 339 g/mol. The molecule has 0 aliphatic rings. The smallest absolute Gasteiger partial charge is 0.224 e. The summed E-state index contributed by atoms with van der Waals surface area (Å²) in [5, 5.41) is 2.96. The minimum absolute atomic E-state index is 0.0519. The van der Waals surface area contributed by atoms with Crippen molar-refractivity contribution >= 4 is 11.6 Å². The Morgan fingerprint density at radius 2 is 1.80 bits per heavy atom. The lowest BCUT2D eigenvalue weighted by atomic mass is 10.1. The third-order valence-corrected chi connectivity index (χ3v) is 4.10. The number of amides is 1. The number of carbonyl (C=O) groups is 1. The maximum atomic E-state index is 12.1. The van der Waals surface area contributed by atoms with Crippen LogP contribution in [0.3, 0.4) is 0 Å². The van der Waals surface area contributed by atoms with Gasteiger partial charge >= 0.3 is 0 Å². The van der Waals surface area contributed by atoms with Gasteiger partial charge in [-0.3, -0.25) is 4.79 Å². The van der Waals surface area contributed by atoms with E-state index in [1.54, 1.807) is 0 Å². The molecule has 25 heavy (non-hydrogen) atoms. The molecule has 1 N–H and O–H groups in total. The topological polar surface area (TPSA) is 38.3 Å². The number of rotatable bonds is 11. The van der Waals surface area contributed by atoms with Crippen LogP contribution in [0.25, 0.3) is 0 Å². The second-order valence-electron chi connectivity index (χ2n) is 6.32. The standard InChI is InChI=1S/C22H29NO2/c1-2-3-4-8-17-25-21-15-10-14-20(18-21)23-22(24)16-9-13-19-11-6-5-7-12-19/h5-7,10-12,14-15,18H,2-4,8-9,13,16-17H2,1H3,(H,23,24). The number of benzene rings is 2. The largest absolute Gasteiger partial charge is 0.494 e. The van der Waals surface area contributed by atoms with Crippen molar-refractivity contribution in [3.8, 4) is 5.75 Å². The first-order valence-electron chi connectivity index (χ1n) is 9.34. The van der Waals surface area contributed by atoms with Gasteiger partial charge < -0.3 is 10.1 Å². The van der Waals surface area contributed by atoms with Crippen molar-refractivity contribution in [3.05, 3.63) is 60.2 Å². The molecule has 0 aliphatic heterocycles. The molecule has 0 fully saturated rings. The number of hydrogen-bond donors (Lipinski definition) is 1. The fourth-order valence-electron chi connectivity index (χ4n) is 2.70. The number of nitrogens with one attached hydrogen (secondary N) is 1. The Kier molecular flexibility index (Phi) is 8.60. The minimum atomic E-state index is 0.0519. The third kappa shape index (κ3) is 7.88. The van der Waals surface area contributed by atoms with Crippen LogP contribution < -0.4 is 10.1 Å². The predicted octanol–water partition coefficient (Wildman–Crippen LogP) is 5.61. The molecule has 0 radical (unpaired) electrons. The predicted molar refractivity (Wildman–Crippen MR) is 104 cm³/mol. The van der Waals surface area contributed by atoms with Crippen LogP contribution in [0.1, 0.15) is 51.0 Å². The molecule has 3 nitrogen and oxygen atoms in total. The summed E-state index contributed by atoms with van der Waals surface area (Å²) in [5.41, 5.74) is 2.07. The van der Waals surface area contributed by atoms with Crippen LogP contribution in [0.15, 0.2) is 54.6 Å². The van der Waals surface area contributed by atoms with Crippen LogP contribution in [-0.2, 0) is 11.2 Å². The summed E-state index contributed by atoms with van der Waals surface area (Å²) in [6.07, 6.45) is 7.06. The van der Waals surface area contributed by atoms with Gasteiger partial charge in [-0.2, -0.15) is 0 Å². The number of carbonyl (C=O) groups excluding carboxylic acids is 1. The van der Waals surface area contributed by atoms with E-state index >= 15 is 0 Å². The number of hydrogen-bond acceptors (Lipinski definition) is 2. The Labute approximate surface area is 151 Å². The monoisotopic (exact) mass is 339 g/mol. The maximum Gasteiger partial charge on any atom is 0.224 e. The number of anilines is 1. The van der Waals surface area contributed by atoms with Crippen LogP contribution in [0.4, 0.5) is 5.69 Å². The molecule has 3 heteroatoms. The van der Waals surface area contributed by atoms with Crippen LogP contribution in [0, 0.1) is 0 Å². The van der Waals surface area contributed by atoms with Gasteiger partial charge in [0.1, 0.15) is 5.75 Å². The molecule has 0 bridgehead atoms. The number of ether oxygens (including phenoxy) is 1. The van der Waals surface area contributed by atoms with Crippen molar-refractivity contribution in [1.29, 1.82) is 0 Å². The van der Waals surface area contributed by atoms with Gasteiger partial charge in [0, 0.05) is 18.2 Å². The molecule has 0 aromatic heterocycles. The zero-order chi connectivity index (χ0) is 17.7. The Morgan fingerprint density at radius 1 is 0.960 bits per heavy atom. The van der Waals surface area contributed by atoms with Gasteiger partial charge in [0.2, 0.25) is 5.91 Å². The van der Waals surface area contributed by atoms with Gasteiger partial charge in [0.25, 0.3) is 0 Å². The van der Waals surface area contributed by atoms with E-state index in [1.165, 1.54) is 24.8 Å². The van der Waals surface area contributed by atoms with E-state index in [2.05, 4.69) is 24.4 Å².